The molecule has 1 aliphatic heterocycles. The first kappa shape index (κ1) is 17.3. The van der Waals surface area contributed by atoms with Crippen molar-refractivity contribution in [2.75, 3.05) is 5.32 Å². The molecule has 0 aliphatic carbocycles. The lowest BCUT2D eigenvalue weighted by atomic mass is 10.0. The number of carbonyl (C=O) groups is 2. The zero-order valence-electron chi connectivity index (χ0n) is 15.2. The van der Waals surface area contributed by atoms with Gasteiger partial charge in [-0.25, -0.2) is 4.98 Å². The summed E-state index contributed by atoms with van der Waals surface area (Å²) in [4.78, 5) is 29.0. The zero-order chi connectivity index (χ0) is 18.8. The van der Waals surface area contributed by atoms with Gasteiger partial charge in [0.25, 0.3) is 0 Å². The second-order valence-electron chi connectivity index (χ2n) is 6.88. The Labute approximate surface area is 157 Å². The Hall–Kier alpha value is -3.15. The SMILES string of the molecule is CC(c1ccccc1)n1c(NC(=O)[C@H]2CCCC(=O)N2)nc2ccccc21. The van der Waals surface area contributed by atoms with Crippen molar-refractivity contribution in [1.29, 1.82) is 0 Å². The van der Waals surface area contributed by atoms with E-state index in [1.807, 2.05) is 47.0 Å². The molecular formula is C21H22N4O2. The number of aromatic nitrogens is 2. The van der Waals surface area contributed by atoms with Gasteiger partial charge < -0.3 is 9.88 Å². The largest absolute Gasteiger partial charge is 0.344 e. The van der Waals surface area contributed by atoms with Crippen molar-refractivity contribution in [2.45, 2.75) is 38.3 Å². The van der Waals surface area contributed by atoms with Gasteiger partial charge in [0.2, 0.25) is 17.8 Å². The van der Waals surface area contributed by atoms with Crippen molar-refractivity contribution in [2.24, 2.45) is 0 Å². The van der Waals surface area contributed by atoms with E-state index in [1.54, 1.807) is 0 Å². The Morgan fingerprint density at radius 2 is 1.93 bits per heavy atom. The molecule has 6 nitrogen and oxygen atoms in total. The summed E-state index contributed by atoms with van der Waals surface area (Å²) in [5.74, 6) is 0.199. The molecule has 0 radical (unpaired) electrons. The van der Waals surface area contributed by atoms with Crippen LogP contribution >= 0.6 is 0 Å². The molecule has 2 atom stereocenters. The van der Waals surface area contributed by atoms with Crippen molar-refractivity contribution in [3.8, 4) is 0 Å². The first-order valence-electron chi connectivity index (χ1n) is 9.25. The van der Waals surface area contributed by atoms with Crippen LogP contribution in [0.4, 0.5) is 5.95 Å². The van der Waals surface area contributed by atoms with Crippen LogP contribution in [0.15, 0.2) is 54.6 Å². The van der Waals surface area contributed by atoms with Crippen LogP contribution in [0.1, 0.15) is 37.8 Å². The van der Waals surface area contributed by atoms with E-state index in [0.717, 1.165) is 23.0 Å². The summed E-state index contributed by atoms with van der Waals surface area (Å²) in [6.07, 6.45) is 1.85. The molecule has 4 rings (SSSR count). The highest BCUT2D eigenvalue weighted by Gasteiger charge is 2.27. The van der Waals surface area contributed by atoms with Crippen molar-refractivity contribution >= 4 is 28.8 Å². The highest BCUT2D eigenvalue weighted by molar-refractivity contribution is 5.97. The van der Waals surface area contributed by atoms with Gasteiger partial charge in [-0.15, -0.1) is 0 Å². The number of benzene rings is 2. The molecule has 27 heavy (non-hydrogen) atoms. The van der Waals surface area contributed by atoms with Gasteiger partial charge in [0.15, 0.2) is 0 Å². The fraction of sp³-hybridized carbons (Fsp3) is 0.286. The summed E-state index contributed by atoms with van der Waals surface area (Å²) in [7, 11) is 0. The third-order valence-corrected chi connectivity index (χ3v) is 5.05. The Kier molecular flexibility index (Phi) is 4.62. The van der Waals surface area contributed by atoms with E-state index in [0.29, 0.717) is 18.8 Å². The van der Waals surface area contributed by atoms with E-state index in [9.17, 15) is 9.59 Å². The number of para-hydroxylation sites is 2. The van der Waals surface area contributed by atoms with E-state index in [1.165, 1.54) is 0 Å². The molecule has 1 unspecified atom stereocenters. The quantitative estimate of drug-likeness (QED) is 0.748. The number of carbonyl (C=O) groups excluding carboxylic acids is 2. The van der Waals surface area contributed by atoms with Gasteiger partial charge in [-0.3, -0.25) is 14.9 Å². The molecule has 2 heterocycles. The highest BCUT2D eigenvalue weighted by Crippen LogP contribution is 2.28. The van der Waals surface area contributed by atoms with Gasteiger partial charge in [-0.1, -0.05) is 42.5 Å². The van der Waals surface area contributed by atoms with E-state index < -0.39 is 6.04 Å². The summed E-state index contributed by atoms with van der Waals surface area (Å²) in [6.45, 7) is 2.08. The van der Waals surface area contributed by atoms with Crippen LogP contribution in [0.3, 0.4) is 0 Å². The third kappa shape index (κ3) is 3.43. The maximum atomic E-state index is 12.7. The number of nitrogens with one attached hydrogen (secondary N) is 2. The van der Waals surface area contributed by atoms with Gasteiger partial charge in [0.1, 0.15) is 6.04 Å². The van der Waals surface area contributed by atoms with Crippen LogP contribution in [0.5, 0.6) is 0 Å². The molecular weight excluding hydrogens is 340 g/mol. The predicted octanol–water partition coefficient (Wildman–Crippen LogP) is 3.25. The molecule has 2 N–H and O–H groups in total. The van der Waals surface area contributed by atoms with Crippen molar-refractivity contribution in [3.05, 3.63) is 60.2 Å². The van der Waals surface area contributed by atoms with Crippen LogP contribution in [0.2, 0.25) is 0 Å². The lowest BCUT2D eigenvalue weighted by Gasteiger charge is -2.23. The molecule has 1 aromatic heterocycles. The molecule has 1 saturated heterocycles. The first-order chi connectivity index (χ1) is 13.1. The van der Waals surface area contributed by atoms with Crippen LogP contribution in [0, 0.1) is 0 Å². The number of piperidine rings is 1. The molecule has 3 aromatic rings. The Morgan fingerprint density at radius 1 is 1.19 bits per heavy atom. The molecule has 0 saturated carbocycles. The summed E-state index contributed by atoms with van der Waals surface area (Å²) < 4.78 is 2.03. The monoisotopic (exact) mass is 362 g/mol. The zero-order valence-corrected chi connectivity index (χ0v) is 15.2. The van der Waals surface area contributed by atoms with Crippen LogP contribution in [-0.2, 0) is 9.59 Å². The molecule has 1 fully saturated rings. The molecule has 0 bridgehead atoms. The summed E-state index contributed by atoms with van der Waals surface area (Å²) in [5, 5.41) is 5.70. The van der Waals surface area contributed by atoms with E-state index >= 15 is 0 Å². The van der Waals surface area contributed by atoms with Crippen molar-refractivity contribution in [1.82, 2.24) is 14.9 Å². The second-order valence-corrected chi connectivity index (χ2v) is 6.88. The first-order valence-corrected chi connectivity index (χ1v) is 9.25. The molecule has 138 valence electrons. The smallest absolute Gasteiger partial charge is 0.249 e. The summed E-state index contributed by atoms with van der Waals surface area (Å²) in [5.41, 5.74) is 2.90. The molecule has 1 aliphatic rings. The predicted molar refractivity (Wildman–Crippen MR) is 104 cm³/mol. The number of imidazole rings is 1. The molecule has 6 heteroatoms. The standard InChI is InChI=1S/C21H22N4O2/c1-14(15-8-3-2-4-9-15)25-18-12-6-5-10-16(18)23-21(25)24-20(27)17-11-7-13-19(26)22-17/h2-6,8-10,12,14,17H,7,11,13H2,1H3,(H,22,26)(H,23,24,27)/t14?,17-/m1/s1. The maximum Gasteiger partial charge on any atom is 0.249 e. The van der Waals surface area contributed by atoms with Gasteiger partial charge in [0.05, 0.1) is 17.1 Å². The number of hydrogen-bond acceptors (Lipinski definition) is 3. The number of fused-ring (bicyclic) bond motifs is 1. The average molecular weight is 362 g/mol. The molecule has 2 amide bonds. The van der Waals surface area contributed by atoms with E-state index in [2.05, 4.69) is 34.7 Å². The maximum absolute atomic E-state index is 12.7. The van der Waals surface area contributed by atoms with Crippen molar-refractivity contribution in [3.63, 3.8) is 0 Å². The minimum Gasteiger partial charge on any atom is -0.344 e. The lowest BCUT2D eigenvalue weighted by Crippen LogP contribution is -2.46. The number of nitrogens with zero attached hydrogens (tertiary/aromatic N) is 2. The summed E-state index contributed by atoms with van der Waals surface area (Å²) >= 11 is 0. The number of rotatable bonds is 4. The number of anilines is 1. The van der Waals surface area contributed by atoms with Gasteiger partial charge in [-0.2, -0.15) is 0 Å². The Morgan fingerprint density at radius 3 is 2.70 bits per heavy atom. The van der Waals surface area contributed by atoms with Crippen molar-refractivity contribution < 1.29 is 9.59 Å². The number of amides is 2. The number of hydrogen-bond donors (Lipinski definition) is 2. The van der Waals surface area contributed by atoms with Gasteiger partial charge in [-0.05, 0) is 37.5 Å². The highest BCUT2D eigenvalue weighted by atomic mass is 16.2. The average Bonchev–Trinajstić information content (AvgIpc) is 3.06. The third-order valence-electron chi connectivity index (χ3n) is 5.05. The minimum atomic E-state index is -0.508. The fourth-order valence-corrected chi connectivity index (χ4v) is 3.60. The normalized spacial score (nSPS) is 18.1. The van der Waals surface area contributed by atoms with E-state index in [-0.39, 0.29) is 17.9 Å². The molecule has 0 spiro atoms. The summed E-state index contributed by atoms with van der Waals surface area (Å²) in [6, 6.07) is 17.4. The van der Waals surface area contributed by atoms with Crippen LogP contribution < -0.4 is 10.6 Å². The van der Waals surface area contributed by atoms with Gasteiger partial charge in [0, 0.05) is 6.42 Å². The Bertz CT molecular complexity index is 980. The lowest BCUT2D eigenvalue weighted by molar-refractivity contribution is -0.128. The fourth-order valence-electron chi connectivity index (χ4n) is 3.60. The second kappa shape index (κ2) is 7.23. The van der Waals surface area contributed by atoms with E-state index in [4.69, 9.17) is 0 Å². The van der Waals surface area contributed by atoms with Crippen LogP contribution in [0.25, 0.3) is 11.0 Å². The van der Waals surface area contributed by atoms with Crippen LogP contribution in [-0.4, -0.2) is 27.4 Å². The minimum absolute atomic E-state index is 0.00477. The molecule has 2 aromatic carbocycles. The van der Waals surface area contributed by atoms with Gasteiger partial charge >= 0.3 is 0 Å². The Balaban J connectivity index is 1.70. The topological polar surface area (TPSA) is 76.0 Å².